The molecule has 90 valence electrons. The molecule has 0 spiro atoms. The first kappa shape index (κ1) is 12.8. The van der Waals surface area contributed by atoms with Gasteiger partial charge in [0.05, 0.1) is 6.61 Å². The lowest BCUT2D eigenvalue weighted by Gasteiger charge is -2.14. The molecule has 4 nitrogen and oxygen atoms in total. The van der Waals surface area contributed by atoms with Crippen LogP contribution in [0.3, 0.4) is 0 Å². The molecule has 1 aromatic rings. The molecule has 0 aliphatic heterocycles. The number of rotatable bonds is 7. The lowest BCUT2D eigenvalue weighted by atomic mass is 10.1. The summed E-state index contributed by atoms with van der Waals surface area (Å²) in [4.78, 5) is 0. The molecule has 4 heteroatoms. The average Bonchev–Trinajstić information content (AvgIpc) is 2.32. The zero-order chi connectivity index (χ0) is 11.8. The van der Waals surface area contributed by atoms with Gasteiger partial charge in [-0.1, -0.05) is 0 Å². The molecule has 0 aliphatic carbocycles. The normalized spacial score (nSPS) is 12.4. The lowest BCUT2D eigenvalue weighted by molar-refractivity contribution is 0.116. The van der Waals surface area contributed by atoms with E-state index in [1.807, 2.05) is 0 Å². The molecule has 0 saturated carbocycles. The van der Waals surface area contributed by atoms with Gasteiger partial charge in [0.1, 0.15) is 11.5 Å². The van der Waals surface area contributed by atoms with E-state index in [1.165, 1.54) is 0 Å². The van der Waals surface area contributed by atoms with Gasteiger partial charge in [-0.25, -0.2) is 0 Å². The fraction of sp³-hybridized carbons (Fsp3) is 0.500. The predicted octanol–water partition coefficient (Wildman–Crippen LogP) is 1.42. The second-order valence-electron chi connectivity index (χ2n) is 3.63. The molecule has 0 heterocycles. The zero-order valence-electron chi connectivity index (χ0n) is 9.43. The quantitative estimate of drug-likeness (QED) is 0.738. The minimum atomic E-state index is 0.0775. The molecular formula is C12H18O4. The molecular weight excluding hydrogens is 208 g/mol. The van der Waals surface area contributed by atoms with Crippen molar-refractivity contribution in [2.24, 2.45) is 5.92 Å². The summed E-state index contributed by atoms with van der Waals surface area (Å²) < 4.78 is 10.4. The van der Waals surface area contributed by atoms with Gasteiger partial charge < -0.3 is 19.7 Å². The zero-order valence-corrected chi connectivity index (χ0v) is 9.43. The fourth-order valence-electron chi connectivity index (χ4n) is 1.27. The number of aliphatic hydroxyl groups excluding tert-OH is 1. The highest BCUT2D eigenvalue weighted by Crippen LogP contribution is 2.17. The summed E-state index contributed by atoms with van der Waals surface area (Å²) in [6, 6.07) is 6.52. The Morgan fingerprint density at radius 2 is 1.94 bits per heavy atom. The summed E-state index contributed by atoms with van der Waals surface area (Å²) in [6.07, 6.45) is 0.769. The van der Waals surface area contributed by atoms with E-state index in [2.05, 4.69) is 0 Å². The molecule has 1 aromatic carbocycles. The first-order valence-corrected chi connectivity index (χ1v) is 5.28. The molecule has 0 bridgehead atoms. The van der Waals surface area contributed by atoms with E-state index in [-0.39, 0.29) is 18.3 Å². The van der Waals surface area contributed by atoms with Crippen LogP contribution in [0.4, 0.5) is 0 Å². The highest BCUT2D eigenvalue weighted by atomic mass is 16.5. The second kappa shape index (κ2) is 7.09. The largest absolute Gasteiger partial charge is 0.508 e. The molecule has 0 aromatic heterocycles. The molecule has 2 N–H and O–H groups in total. The number of phenolic OH excluding ortho intramolecular Hbond substituents is 1. The van der Waals surface area contributed by atoms with Crippen LogP contribution < -0.4 is 4.74 Å². The second-order valence-corrected chi connectivity index (χ2v) is 3.63. The van der Waals surface area contributed by atoms with Crippen LogP contribution in [-0.4, -0.2) is 37.1 Å². The van der Waals surface area contributed by atoms with E-state index in [9.17, 15) is 0 Å². The number of methoxy groups -OCH3 is 1. The highest BCUT2D eigenvalue weighted by molar-refractivity contribution is 5.30. The lowest BCUT2D eigenvalue weighted by Crippen LogP contribution is -2.17. The molecule has 0 fully saturated rings. The van der Waals surface area contributed by atoms with Gasteiger partial charge in [-0.15, -0.1) is 0 Å². The number of benzene rings is 1. The van der Waals surface area contributed by atoms with Gasteiger partial charge >= 0.3 is 0 Å². The molecule has 16 heavy (non-hydrogen) atoms. The van der Waals surface area contributed by atoms with Crippen LogP contribution in [0.25, 0.3) is 0 Å². The van der Waals surface area contributed by atoms with Crippen LogP contribution in [-0.2, 0) is 4.74 Å². The molecule has 1 unspecified atom stereocenters. The average molecular weight is 226 g/mol. The summed E-state index contributed by atoms with van der Waals surface area (Å²) in [6.45, 7) is 1.15. The van der Waals surface area contributed by atoms with Crippen LogP contribution in [0.2, 0.25) is 0 Å². The van der Waals surface area contributed by atoms with Gasteiger partial charge in [-0.05, 0) is 30.7 Å². The number of hydrogen-bond donors (Lipinski definition) is 2. The van der Waals surface area contributed by atoms with Crippen LogP contribution in [0.5, 0.6) is 11.5 Å². The minimum Gasteiger partial charge on any atom is -0.508 e. The van der Waals surface area contributed by atoms with Gasteiger partial charge in [0.2, 0.25) is 0 Å². The van der Waals surface area contributed by atoms with Crippen molar-refractivity contribution in [3.8, 4) is 11.5 Å². The molecule has 1 rings (SSSR count). The van der Waals surface area contributed by atoms with Gasteiger partial charge in [0.25, 0.3) is 0 Å². The van der Waals surface area contributed by atoms with E-state index in [1.54, 1.807) is 31.4 Å². The Hall–Kier alpha value is -1.26. The number of phenols is 1. The van der Waals surface area contributed by atoms with Crippen LogP contribution in [0, 0.1) is 5.92 Å². The van der Waals surface area contributed by atoms with E-state index in [0.29, 0.717) is 19.0 Å². The topological polar surface area (TPSA) is 58.9 Å². The molecule has 1 atom stereocenters. The first-order valence-electron chi connectivity index (χ1n) is 5.28. The van der Waals surface area contributed by atoms with E-state index in [4.69, 9.17) is 19.7 Å². The molecule has 0 aliphatic rings. The monoisotopic (exact) mass is 226 g/mol. The van der Waals surface area contributed by atoms with Crippen LogP contribution in [0.1, 0.15) is 6.42 Å². The minimum absolute atomic E-state index is 0.0775. The highest BCUT2D eigenvalue weighted by Gasteiger charge is 2.08. The number of aromatic hydroxyl groups is 1. The van der Waals surface area contributed by atoms with E-state index >= 15 is 0 Å². The van der Waals surface area contributed by atoms with Crippen molar-refractivity contribution in [1.82, 2.24) is 0 Å². The van der Waals surface area contributed by atoms with Gasteiger partial charge in [0, 0.05) is 26.2 Å². The third-order valence-corrected chi connectivity index (χ3v) is 2.31. The summed E-state index contributed by atoms with van der Waals surface area (Å²) >= 11 is 0. The molecule has 0 saturated heterocycles. The van der Waals surface area contributed by atoms with Crippen molar-refractivity contribution in [2.75, 3.05) is 26.9 Å². The van der Waals surface area contributed by atoms with Crippen molar-refractivity contribution in [2.45, 2.75) is 6.42 Å². The summed E-state index contributed by atoms with van der Waals surface area (Å²) in [5.74, 6) is 0.980. The summed E-state index contributed by atoms with van der Waals surface area (Å²) in [5.41, 5.74) is 0. The molecule has 0 amide bonds. The number of hydrogen-bond acceptors (Lipinski definition) is 4. The predicted molar refractivity (Wildman–Crippen MR) is 60.7 cm³/mol. The standard InChI is InChI=1S/C12H18O4/c1-15-7-6-10(8-13)9-16-12-4-2-11(14)3-5-12/h2-5,10,13-14H,6-9H2,1H3. The Kier molecular flexibility index (Phi) is 5.67. The summed E-state index contributed by atoms with van der Waals surface area (Å²) in [7, 11) is 1.63. The Morgan fingerprint density at radius 3 is 2.50 bits per heavy atom. The van der Waals surface area contributed by atoms with Crippen molar-refractivity contribution in [1.29, 1.82) is 0 Å². The van der Waals surface area contributed by atoms with E-state index in [0.717, 1.165) is 6.42 Å². The maximum Gasteiger partial charge on any atom is 0.119 e. The van der Waals surface area contributed by atoms with Crippen molar-refractivity contribution in [3.05, 3.63) is 24.3 Å². The van der Waals surface area contributed by atoms with Gasteiger partial charge in [0.15, 0.2) is 0 Å². The van der Waals surface area contributed by atoms with Crippen molar-refractivity contribution >= 4 is 0 Å². The Labute approximate surface area is 95.4 Å². The Morgan fingerprint density at radius 1 is 1.25 bits per heavy atom. The number of aliphatic hydroxyl groups is 1. The first-order chi connectivity index (χ1) is 7.76. The summed E-state index contributed by atoms with van der Waals surface area (Å²) in [5, 5.41) is 18.2. The van der Waals surface area contributed by atoms with Crippen molar-refractivity contribution in [3.63, 3.8) is 0 Å². The Bertz CT molecular complexity index is 284. The van der Waals surface area contributed by atoms with Crippen molar-refractivity contribution < 1.29 is 19.7 Å². The van der Waals surface area contributed by atoms with E-state index < -0.39 is 0 Å². The maximum absolute atomic E-state index is 9.10. The maximum atomic E-state index is 9.10. The van der Waals surface area contributed by atoms with Crippen LogP contribution >= 0.6 is 0 Å². The van der Waals surface area contributed by atoms with Gasteiger partial charge in [-0.2, -0.15) is 0 Å². The third-order valence-electron chi connectivity index (χ3n) is 2.31. The SMILES string of the molecule is COCCC(CO)COc1ccc(O)cc1. The number of ether oxygens (including phenoxy) is 2. The van der Waals surface area contributed by atoms with Crippen LogP contribution in [0.15, 0.2) is 24.3 Å². The Balaban J connectivity index is 2.34. The fourth-order valence-corrected chi connectivity index (χ4v) is 1.27. The third kappa shape index (κ3) is 4.51. The molecule has 0 radical (unpaired) electrons. The smallest absolute Gasteiger partial charge is 0.119 e. The van der Waals surface area contributed by atoms with Gasteiger partial charge in [-0.3, -0.25) is 0 Å².